The lowest BCUT2D eigenvalue weighted by Gasteiger charge is -2.08. The van der Waals surface area contributed by atoms with Crippen molar-refractivity contribution in [3.63, 3.8) is 0 Å². The third-order valence-corrected chi connectivity index (χ3v) is 5.28. The Hall–Kier alpha value is -4.34. The Bertz CT molecular complexity index is 1300. The number of rotatable bonds is 9. The van der Waals surface area contributed by atoms with E-state index in [2.05, 4.69) is 25.9 Å². The number of nitrogens with one attached hydrogen (secondary N) is 2. The molecule has 0 aliphatic rings. The molecule has 0 aliphatic heterocycles. The molecule has 2 heterocycles. The van der Waals surface area contributed by atoms with Crippen molar-refractivity contribution in [2.24, 2.45) is 0 Å². The van der Waals surface area contributed by atoms with E-state index in [1.165, 1.54) is 4.68 Å². The first-order valence-corrected chi connectivity index (χ1v) is 10.9. The standard InChI is InChI=1S/C24H27N7O3/c1-4-26-23-20(24-28-22(30-34-24)18-11-6-5-8-15(18)2)21(25)31(29-23)14-19(32)27-13-16-9-7-10-17(12-16)33-3/h5-12H,4,13-14,25H2,1-3H3,(H,26,29)(H,27,32). The molecular weight excluding hydrogens is 434 g/mol. The number of anilines is 2. The van der Waals surface area contributed by atoms with Crippen molar-refractivity contribution >= 4 is 17.5 Å². The maximum atomic E-state index is 12.6. The van der Waals surface area contributed by atoms with Crippen LogP contribution in [0.1, 0.15) is 18.1 Å². The number of hydrogen-bond donors (Lipinski definition) is 3. The lowest BCUT2D eigenvalue weighted by Crippen LogP contribution is -2.28. The summed E-state index contributed by atoms with van der Waals surface area (Å²) in [4.78, 5) is 17.1. The van der Waals surface area contributed by atoms with Gasteiger partial charge in [0.25, 0.3) is 5.89 Å². The van der Waals surface area contributed by atoms with Crippen molar-refractivity contribution in [2.45, 2.75) is 26.9 Å². The van der Waals surface area contributed by atoms with E-state index >= 15 is 0 Å². The van der Waals surface area contributed by atoms with E-state index in [0.717, 1.165) is 22.4 Å². The molecule has 2 aromatic carbocycles. The Morgan fingerprint density at radius 1 is 1.21 bits per heavy atom. The van der Waals surface area contributed by atoms with Crippen LogP contribution in [-0.2, 0) is 17.9 Å². The fourth-order valence-corrected chi connectivity index (χ4v) is 3.53. The molecule has 0 saturated carbocycles. The number of amides is 1. The molecule has 1 amide bonds. The van der Waals surface area contributed by atoms with E-state index in [4.69, 9.17) is 15.0 Å². The van der Waals surface area contributed by atoms with Gasteiger partial charge in [0.1, 0.15) is 23.7 Å². The van der Waals surface area contributed by atoms with Gasteiger partial charge in [0.2, 0.25) is 11.7 Å². The number of methoxy groups -OCH3 is 1. The Labute approximate surface area is 197 Å². The lowest BCUT2D eigenvalue weighted by molar-refractivity contribution is -0.121. The average Bonchev–Trinajstić information content (AvgIpc) is 3.43. The zero-order chi connectivity index (χ0) is 24.1. The molecule has 34 heavy (non-hydrogen) atoms. The highest BCUT2D eigenvalue weighted by Crippen LogP contribution is 2.34. The summed E-state index contributed by atoms with van der Waals surface area (Å²) in [6.07, 6.45) is 0. The van der Waals surface area contributed by atoms with E-state index < -0.39 is 0 Å². The van der Waals surface area contributed by atoms with Gasteiger partial charge in [0.05, 0.1) is 7.11 Å². The predicted octanol–water partition coefficient (Wildman–Crippen LogP) is 3.25. The highest BCUT2D eigenvalue weighted by molar-refractivity contribution is 5.82. The summed E-state index contributed by atoms with van der Waals surface area (Å²) in [5.74, 6) is 1.91. The van der Waals surface area contributed by atoms with Crippen LogP contribution in [0.5, 0.6) is 5.75 Å². The molecule has 2 aromatic heterocycles. The third-order valence-electron chi connectivity index (χ3n) is 5.28. The average molecular weight is 462 g/mol. The minimum atomic E-state index is -0.238. The molecule has 0 unspecified atom stereocenters. The van der Waals surface area contributed by atoms with Gasteiger partial charge in [-0.15, -0.1) is 0 Å². The Balaban J connectivity index is 1.54. The third kappa shape index (κ3) is 4.85. The second kappa shape index (κ2) is 10.1. The molecule has 176 valence electrons. The largest absolute Gasteiger partial charge is 0.497 e. The summed E-state index contributed by atoms with van der Waals surface area (Å²) in [7, 11) is 1.60. The molecular formula is C24H27N7O3. The summed E-state index contributed by atoms with van der Waals surface area (Å²) in [6.45, 7) is 4.81. The van der Waals surface area contributed by atoms with Gasteiger partial charge in [-0.3, -0.25) is 4.79 Å². The fourth-order valence-electron chi connectivity index (χ4n) is 3.53. The number of aryl methyl sites for hydroxylation is 1. The molecule has 0 atom stereocenters. The Morgan fingerprint density at radius 2 is 2.03 bits per heavy atom. The summed E-state index contributed by atoms with van der Waals surface area (Å²) in [5, 5.41) is 14.6. The number of hydrogen-bond acceptors (Lipinski definition) is 8. The van der Waals surface area contributed by atoms with Crippen molar-refractivity contribution in [3.05, 3.63) is 59.7 Å². The van der Waals surface area contributed by atoms with Crippen LogP contribution in [0.4, 0.5) is 11.6 Å². The zero-order valence-corrected chi connectivity index (χ0v) is 19.3. The van der Waals surface area contributed by atoms with E-state index in [1.54, 1.807) is 7.11 Å². The number of ether oxygens (including phenoxy) is 1. The van der Waals surface area contributed by atoms with E-state index in [9.17, 15) is 4.79 Å². The van der Waals surface area contributed by atoms with Gasteiger partial charge in [0.15, 0.2) is 5.82 Å². The van der Waals surface area contributed by atoms with Gasteiger partial charge >= 0.3 is 0 Å². The maximum absolute atomic E-state index is 12.6. The number of nitrogens with two attached hydrogens (primary N) is 1. The van der Waals surface area contributed by atoms with Crippen molar-refractivity contribution in [3.8, 4) is 28.6 Å². The molecule has 0 aliphatic carbocycles. The number of aromatic nitrogens is 4. The zero-order valence-electron chi connectivity index (χ0n) is 19.3. The van der Waals surface area contributed by atoms with Crippen LogP contribution in [0.25, 0.3) is 22.8 Å². The smallest absolute Gasteiger partial charge is 0.265 e. The molecule has 0 spiro atoms. The van der Waals surface area contributed by atoms with E-state index in [0.29, 0.717) is 30.3 Å². The van der Waals surface area contributed by atoms with Crippen LogP contribution in [0.15, 0.2) is 53.1 Å². The molecule has 4 N–H and O–H groups in total. The molecule has 0 fully saturated rings. The van der Waals surface area contributed by atoms with Crippen molar-refractivity contribution in [1.82, 2.24) is 25.2 Å². The summed E-state index contributed by atoms with van der Waals surface area (Å²) in [5.41, 5.74) is 9.65. The SMILES string of the molecule is CCNc1nn(CC(=O)NCc2cccc(OC)c2)c(N)c1-c1nc(-c2ccccc2C)no1. The van der Waals surface area contributed by atoms with Crippen LogP contribution < -0.4 is 21.1 Å². The minimum absolute atomic E-state index is 0.0625. The number of benzene rings is 2. The highest BCUT2D eigenvalue weighted by Gasteiger charge is 2.24. The number of carbonyl (C=O) groups is 1. The van der Waals surface area contributed by atoms with E-state index in [-0.39, 0.29) is 24.2 Å². The monoisotopic (exact) mass is 461 g/mol. The Kier molecular flexibility index (Phi) is 6.77. The molecule has 4 rings (SSSR count). The molecule has 0 saturated heterocycles. The number of carbonyl (C=O) groups excluding carboxylic acids is 1. The van der Waals surface area contributed by atoms with Crippen molar-refractivity contribution < 1.29 is 14.1 Å². The van der Waals surface area contributed by atoms with Crippen LogP contribution in [-0.4, -0.2) is 39.5 Å². The highest BCUT2D eigenvalue weighted by atomic mass is 16.5. The fraction of sp³-hybridized carbons (Fsp3) is 0.250. The maximum Gasteiger partial charge on any atom is 0.265 e. The lowest BCUT2D eigenvalue weighted by atomic mass is 10.1. The molecule has 0 radical (unpaired) electrons. The van der Waals surface area contributed by atoms with Gasteiger partial charge in [-0.1, -0.05) is 41.6 Å². The quantitative estimate of drug-likeness (QED) is 0.346. The van der Waals surface area contributed by atoms with Crippen LogP contribution in [0.2, 0.25) is 0 Å². The van der Waals surface area contributed by atoms with Crippen molar-refractivity contribution in [1.29, 1.82) is 0 Å². The Morgan fingerprint density at radius 3 is 2.79 bits per heavy atom. The summed E-state index contributed by atoms with van der Waals surface area (Å²) < 4.78 is 12.2. The van der Waals surface area contributed by atoms with Crippen LogP contribution in [0, 0.1) is 6.92 Å². The van der Waals surface area contributed by atoms with Crippen LogP contribution in [0.3, 0.4) is 0 Å². The van der Waals surface area contributed by atoms with Gasteiger partial charge in [-0.05, 0) is 37.1 Å². The number of nitrogens with zero attached hydrogens (tertiary/aromatic N) is 4. The second-order valence-corrected chi connectivity index (χ2v) is 7.66. The van der Waals surface area contributed by atoms with Crippen molar-refractivity contribution in [2.75, 3.05) is 24.7 Å². The first-order valence-electron chi connectivity index (χ1n) is 10.9. The molecule has 0 bridgehead atoms. The molecule has 10 heteroatoms. The first kappa shape index (κ1) is 22.8. The molecule has 10 nitrogen and oxygen atoms in total. The first-order chi connectivity index (χ1) is 16.5. The molecule has 4 aromatic rings. The van der Waals surface area contributed by atoms with E-state index in [1.807, 2.05) is 62.4 Å². The van der Waals surface area contributed by atoms with Gasteiger partial charge in [-0.2, -0.15) is 10.1 Å². The topological polar surface area (TPSA) is 133 Å². The predicted molar refractivity (Wildman–Crippen MR) is 129 cm³/mol. The summed E-state index contributed by atoms with van der Waals surface area (Å²) in [6, 6.07) is 15.3. The summed E-state index contributed by atoms with van der Waals surface area (Å²) >= 11 is 0. The number of nitrogen functional groups attached to an aromatic ring is 1. The van der Waals surface area contributed by atoms with Crippen LogP contribution >= 0.6 is 0 Å². The van der Waals surface area contributed by atoms with Gasteiger partial charge in [-0.25, -0.2) is 4.68 Å². The van der Waals surface area contributed by atoms with Gasteiger partial charge in [0, 0.05) is 18.7 Å². The van der Waals surface area contributed by atoms with Gasteiger partial charge < -0.3 is 25.6 Å². The normalized spacial score (nSPS) is 10.8. The minimum Gasteiger partial charge on any atom is -0.497 e. The second-order valence-electron chi connectivity index (χ2n) is 7.66.